The molecule has 0 aliphatic heterocycles. The predicted octanol–water partition coefficient (Wildman–Crippen LogP) is 4.89. The van der Waals surface area contributed by atoms with E-state index in [2.05, 4.69) is 15.9 Å². The number of carbonyl (C=O) groups excluding carboxylic acids is 1. The van der Waals surface area contributed by atoms with Gasteiger partial charge in [0.2, 0.25) is 12.1 Å². The van der Waals surface area contributed by atoms with Crippen molar-refractivity contribution in [3.8, 4) is 0 Å². The van der Waals surface area contributed by atoms with E-state index in [0.29, 0.717) is 14.9 Å². The fourth-order valence-electron chi connectivity index (χ4n) is 2.31. The molecule has 0 aromatic heterocycles. The van der Waals surface area contributed by atoms with E-state index in [1.807, 2.05) is 0 Å². The Labute approximate surface area is 157 Å². The van der Waals surface area contributed by atoms with Crippen molar-refractivity contribution in [3.63, 3.8) is 0 Å². The normalized spacial score (nSPS) is 11.1. The Morgan fingerprint density at radius 2 is 1.59 bits per heavy atom. The van der Waals surface area contributed by atoms with Crippen LogP contribution in [0.3, 0.4) is 0 Å². The van der Waals surface area contributed by atoms with Gasteiger partial charge >= 0.3 is 17.6 Å². The predicted molar refractivity (Wildman–Crippen MR) is 91.8 cm³/mol. The van der Waals surface area contributed by atoms with E-state index in [4.69, 9.17) is 0 Å². The van der Waals surface area contributed by atoms with Gasteiger partial charge in [0.1, 0.15) is 0 Å². The molecule has 142 valence electrons. The molecule has 27 heavy (non-hydrogen) atoms. The molecule has 0 radical (unpaired) electrons. The van der Waals surface area contributed by atoms with E-state index < -0.39 is 38.6 Å². The van der Waals surface area contributed by atoms with Crippen molar-refractivity contribution in [2.24, 2.45) is 0 Å². The Morgan fingerprint density at radius 1 is 1.07 bits per heavy atom. The molecule has 2 aromatic carbocycles. The van der Waals surface area contributed by atoms with Crippen molar-refractivity contribution < 1.29 is 27.8 Å². The van der Waals surface area contributed by atoms with Crippen LogP contribution in [-0.4, -0.2) is 16.3 Å². The number of nitro benzene ring substituents is 2. The summed E-state index contributed by atoms with van der Waals surface area (Å²) in [6.07, 6.45) is -4.99. The number of rotatable bonds is 5. The van der Waals surface area contributed by atoms with Gasteiger partial charge in [-0.15, -0.1) is 0 Å². The summed E-state index contributed by atoms with van der Waals surface area (Å²) in [6.45, 7) is 1.63. The number of halogens is 4. The summed E-state index contributed by atoms with van der Waals surface area (Å²) in [7, 11) is 0. The first kappa shape index (κ1) is 20.3. The molecule has 2 rings (SSSR count). The van der Waals surface area contributed by atoms with Crippen molar-refractivity contribution in [2.45, 2.75) is 13.1 Å². The molecular weight excluding hydrogens is 439 g/mol. The largest absolute Gasteiger partial charge is 0.416 e. The molecule has 0 aliphatic carbocycles. The quantitative estimate of drug-likeness (QED) is 0.368. The highest BCUT2D eigenvalue weighted by molar-refractivity contribution is 9.10. The lowest BCUT2D eigenvalue weighted by atomic mass is 10.1. The molecule has 0 atom stereocenters. The Bertz CT molecular complexity index is 914. The third-order valence-corrected chi connectivity index (χ3v) is 4.45. The van der Waals surface area contributed by atoms with Crippen molar-refractivity contribution in [3.05, 3.63) is 66.2 Å². The summed E-state index contributed by atoms with van der Waals surface area (Å²) in [5.74, 6) is 0. The van der Waals surface area contributed by atoms with Crippen LogP contribution in [-0.2, 0) is 11.0 Å². The fraction of sp³-hybridized carbons (Fsp3) is 0.133. The second-order valence-corrected chi connectivity index (χ2v) is 6.14. The van der Waals surface area contributed by atoms with Gasteiger partial charge in [-0.05, 0) is 30.7 Å². The third kappa shape index (κ3) is 4.05. The standard InChI is InChI=1S/C15H9BrF3N3O5/c1-8-4-10(2-3-11(8)16)20(7-23)14-12(21(24)25)5-9(15(17,18)19)6-13(14)22(26)27/h2-7H,1H3. The minimum absolute atomic E-state index is 0.0108. The van der Waals surface area contributed by atoms with Gasteiger partial charge in [0, 0.05) is 22.3 Å². The molecule has 0 heterocycles. The van der Waals surface area contributed by atoms with Crippen LogP contribution in [0, 0.1) is 27.2 Å². The smallest absolute Gasteiger partial charge is 0.278 e. The van der Waals surface area contributed by atoms with Crippen LogP contribution < -0.4 is 4.90 Å². The van der Waals surface area contributed by atoms with E-state index in [9.17, 15) is 38.2 Å². The van der Waals surface area contributed by atoms with Crippen LogP contribution in [0.4, 0.5) is 35.9 Å². The Kier molecular flexibility index (Phi) is 5.49. The molecule has 0 aliphatic rings. The first-order valence-electron chi connectivity index (χ1n) is 7.02. The number of anilines is 2. The van der Waals surface area contributed by atoms with Gasteiger partial charge in [0.05, 0.1) is 15.4 Å². The molecule has 0 bridgehead atoms. The van der Waals surface area contributed by atoms with Crippen LogP contribution in [0.25, 0.3) is 0 Å². The molecule has 12 heteroatoms. The maximum atomic E-state index is 13.0. The lowest BCUT2D eigenvalue weighted by Gasteiger charge is -2.19. The zero-order valence-electron chi connectivity index (χ0n) is 13.4. The van der Waals surface area contributed by atoms with E-state index in [-0.39, 0.29) is 24.2 Å². The second kappa shape index (κ2) is 7.31. The number of nitrogens with zero attached hydrogens (tertiary/aromatic N) is 3. The summed E-state index contributed by atoms with van der Waals surface area (Å²) in [5, 5.41) is 22.6. The number of aryl methyl sites for hydroxylation is 1. The highest BCUT2D eigenvalue weighted by Gasteiger charge is 2.39. The SMILES string of the molecule is Cc1cc(N(C=O)c2c([N+](=O)[O-])cc(C(F)(F)F)cc2[N+](=O)[O-])ccc1Br. The van der Waals surface area contributed by atoms with Crippen LogP contribution in [0.2, 0.25) is 0 Å². The summed E-state index contributed by atoms with van der Waals surface area (Å²) < 4.78 is 39.6. The number of benzene rings is 2. The first-order valence-corrected chi connectivity index (χ1v) is 7.81. The molecule has 2 aromatic rings. The lowest BCUT2D eigenvalue weighted by Crippen LogP contribution is -2.19. The number of amides is 1. The van der Waals surface area contributed by atoms with Crippen LogP contribution in [0.5, 0.6) is 0 Å². The van der Waals surface area contributed by atoms with Gasteiger partial charge in [-0.2, -0.15) is 13.2 Å². The zero-order chi connectivity index (χ0) is 20.5. The molecule has 0 saturated heterocycles. The molecule has 8 nitrogen and oxygen atoms in total. The summed E-state index contributed by atoms with van der Waals surface area (Å²) in [5.41, 5.74) is -4.26. The highest BCUT2D eigenvalue weighted by Crippen LogP contribution is 2.45. The van der Waals surface area contributed by atoms with E-state index in [1.54, 1.807) is 6.92 Å². The van der Waals surface area contributed by atoms with Crippen molar-refractivity contribution in [2.75, 3.05) is 4.90 Å². The first-order chi connectivity index (χ1) is 12.5. The van der Waals surface area contributed by atoms with E-state index in [1.165, 1.54) is 18.2 Å². The molecule has 0 unspecified atom stereocenters. The topological polar surface area (TPSA) is 107 Å². The summed E-state index contributed by atoms with van der Waals surface area (Å²) >= 11 is 3.22. The Balaban J connectivity index is 2.86. The zero-order valence-corrected chi connectivity index (χ0v) is 14.9. The van der Waals surface area contributed by atoms with Gasteiger partial charge in [0.15, 0.2) is 0 Å². The minimum atomic E-state index is -5.05. The fourth-order valence-corrected chi connectivity index (χ4v) is 2.56. The number of nitro groups is 2. The maximum absolute atomic E-state index is 13.0. The average Bonchev–Trinajstić information content (AvgIpc) is 2.57. The maximum Gasteiger partial charge on any atom is 0.416 e. The summed E-state index contributed by atoms with van der Waals surface area (Å²) in [6, 6.07) is 4.53. The third-order valence-electron chi connectivity index (χ3n) is 3.56. The minimum Gasteiger partial charge on any atom is -0.278 e. The Hall–Kier alpha value is -3.02. The number of hydrogen-bond donors (Lipinski definition) is 0. The number of alkyl halides is 3. The molecule has 1 amide bonds. The molecular formula is C15H9BrF3N3O5. The molecule has 0 saturated carbocycles. The van der Waals surface area contributed by atoms with Crippen LogP contribution in [0.1, 0.15) is 11.1 Å². The molecule has 0 fully saturated rings. The second-order valence-electron chi connectivity index (χ2n) is 5.28. The van der Waals surface area contributed by atoms with Gasteiger partial charge in [-0.1, -0.05) is 15.9 Å². The van der Waals surface area contributed by atoms with Gasteiger partial charge in [-0.25, -0.2) is 0 Å². The highest BCUT2D eigenvalue weighted by atomic mass is 79.9. The summed E-state index contributed by atoms with van der Waals surface area (Å²) in [4.78, 5) is 32.4. The number of hydrogen-bond acceptors (Lipinski definition) is 5. The number of carbonyl (C=O) groups is 1. The van der Waals surface area contributed by atoms with Gasteiger partial charge in [-0.3, -0.25) is 29.9 Å². The van der Waals surface area contributed by atoms with Crippen molar-refractivity contribution >= 4 is 45.1 Å². The van der Waals surface area contributed by atoms with Crippen molar-refractivity contribution in [1.82, 2.24) is 0 Å². The van der Waals surface area contributed by atoms with Crippen LogP contribution >= 0.6 is 15.9 Å². The lowest BCUT2D eigenvalue weighted by molar-refractivity contribution is -0.392. The molecule has 0 spiro atoms. The van der Waals surface area contributed by atoms with E-state index in [0.717, 1.165) is 0 Å². The Morgan fingerprint density at radius 3 is 1.96 bits per heavy atom. The van der Waals surface area contributed by atoms with Crippen molar-refractivity contribution in [1.29, 1.82) is 0 Å². The van der Waals surface area contributed by atoms with Gasteiger partial charge in [0.25, 0.3) is 0 Å². The monoisotopic (exact) mass is 447 g/mol. The molecule has 0 N–H and O–H groups in total. The van der Waals surface area contributed by atoms with Gasteiger partial charge < -0.3 is 0 Å². The average molecular weight is 448 g/mol. The van der Waals surface area contributed by atoms with Crippen LogP contribution in [0.15, 0.2) is 34.8 Å². The van der Waals surface area contributed by atoms with E-state index >= 15 is 0 Å².